The fraction of sp³-hybridized carbons (Fsp3) is 0. The zero-order valence-corrected chi connectivity index (χ0v) is 34.3. The van der Waals surface area contributed by atoms with E-state index in [0.29, 0.717) is 0 Å². The second kappa shape index (κ2) is 10.7. The molecule has 0 radical (unpaired) electrons. The van der Waals surface area contributed by atoms with E-state index in [1.165, 1.54) is 86.2 Å². The van der Waals surface area contributed by atoms with Gasteiger partial charge in [0.1, 0.15) is 0 Å². The van der Waals surface area contributed by atoms with E-state index in [9.17, 15) is 0 Å². The standard InChI is InChI=1S/2C20H12.2Bi.6H/c2*1-5-13-6-2-11-17-18-12-4-8-14-7-3-10-16(20(14)18)15(9-1)19(13)17;;;;;;;;/h2*1-12H;;;;;;;;. The first-order valence-electron chi connectivity index (χ1n) is 14.0. The molecule has 42 heavy (non-hydrogen) atoms. The molecule has 200 valence electrons. The van der Waals surface area contributed by atoms with E-state index >= 15 is 0 Å². The topological polar surface area (TPSA) is 0 Å². The third-order valence-electron chi connectivity index (χ3n) is 8.78. The summed E-state index contributed by atoms with van der Waals surface area (Å²) in [4.78, 5) is 0. The summed E-state index contributed by atoms with van der Waals surface area (Å²) in [5, 5.41) is 21.8. The van der Waals surface area contributed by atoms with E-state index in [1.54, 1.807) is 0 Å². The molecule has 0 bridgehead atoms. The summed E-state index contributed by atoms with van der Waals surface area (Å²) in [7, 11) is 0. The molecule has 0 N–H and O–H groups in total. The predicted octanol–water partition coefficient (Wildman–Crippen LogP) is 9.11. The van der Waals surface area contributed by atoms with Crippen LogP contribution in [-0.2, 0) is 0 Å². The fourth-order valence-corrected chi connectivity index (χ4v) is 7.16. The van der Waals surface area contributed by atoms with E-state index in [0.717, 1.165) is 0 Å². The van der Waals surface area contributed by atoms with Gasteiger partial charge < -0.3 is 0 Å². The van der Waals surface area contributed by atoms with Crippen LogP contribution in [0.15, 0.2) is 146 Å². The van der Waals surface area contributed by atoms with Crippen molar-refractivity contribution >= 4 is 139 Å². The van der Waals surface area contributed by atoms with Crippen molar-refractivity contribution in [2.45, 2.75) is 0 Å². The molecular weight excluding hydrogens is 898 g/mol. The smallest absolute Gasteiger partial charge is 0.00264 e. The number of rotatable bonds is 0. The predicted molar refractivity (Wildman–Crippen MR) is 195 cm³/mol. The average molecular weight is 929 g/mol. The molecule has 10 aromatic carbocycles. The van der Waals surface area contributed by atoms with Crippen molar-refractivity contribution in [3.05, 3.63) is 146 Å². The number of fused-ring (bicyclic) bond motifs is 4. The third kappa shape index (κ3) is 3.92. The molecule has 0 amide bonds. The Morgan fingerprint density at radius 2 is 0.333 bits per heavy atom. The van der Waals surface area contributed by atoms with Crippen molar-refractivity contribution in [3.8, 4) is 0 Å². The summed E-state index contributed by atoms with van der Waals surface area (Å²) < 4.78 is 0. The van der Waals surface area contributed by atoms with Gasteiger partial charge in [0, 0.05) is 0 Å². The molecule has 0 spiro atoms. The molecule has 0 heterocycles. The Hall–Kier alpha value is -3.43. The Morgan fingerprint density at radius 3 is 0.476 bits per heavy atom. The molecule has 0 saturated carbocycles. The van der Waals surface area contributed by atoms with Crippen molar-refractivity contribution in [1.29, 1.82) is 0 Å². The Balaban J connectivity index is 0.000000131. The molecule has 0 unspecified atom stereocenters. The van der Waals surface area contributed by atoms with Crippen LogP contribution in [0.25, 0.3) is 86.2 Å². The van der Waals surface area contributed by atoms with E-state index in [4.69, 9.17) is 0 Å². The monoisotopic (exact) mass is 928 g/mol. The fourth-order valence-electron chi connectivity index (χ4n) is 7.16. The summed E-state index contributed by atoms with van der Waals surface area (Å²) >= 11 is 0. The van der Waals surface area contributed by atoms with Crippen LogP contribution in [0, 0.1) is 0 Å². The molecule has 0 atom stereocenters. The van der Waals surface area contributed by atoms with Crippen LogP contribution < -0.4 is 0 Å². The molecule has 0 aromatic heterocycles. The van der Waals surface area contributed by atoms with Gasteiger partial charge in [0.2, 0.25) is 0 Å². The van der Waals surface area contributed by atoms with Crippen LogP contribution in [0.3, 0.4) is 0 Å². The normalized spacial score (nSPS) is 11.4. The largest absolute Gasteiger partial charge is 0.0610 e. The average Bonchev–Trinajstić information content (AvgIpc) is 3.02. The van der Waals surface area contributed by atoms with Gasteiger partial charge in [-0.3, -0.25) is 0 Å². The quantitative estimate of drug-likeness (QED) is 0.0810. The number of benzene rings is 10. The van der Waals surface area contributed by atoms with E-state index in [2.05, 4.69) is 146 Å². The van der Waals surface area contributed by atoms with Gasteiger partial charge in [-0.1, -0.05) is 146 Å². The second-order valence-electron chi connectivity index (χ2n) is 10.8. The number of hydrogen-bond donors (Lipinski definition) is 0. The number of hydrogen-bond acceptors (Lipinski definition) is 0. The summed E-state index contributed by atoms with van der Waals surface area (Å²) in [6, 6.07) is 52.9. The molecule has 10 aromatic rings. The molecule has 0 saturated heterocycles. The van der Waals surface area contributed by atoms with Crippen molar-refractivity contribution in [1.82, 2.24) is 0 Å². The zero-order chi connectivity index (χ0) is 26.2. The molecule has 0 aliphatic rings. The zero-order valence-electron chi connectivity index (χ0n) is 23.3. The minimum absolute atomic E-state index is 0. The van der Waals surface area contributed by atoms with E-state index in [1.807, 2.05) is 0 Å². The van der Waals surface area contributed by atoms with Crippen molar-refractivity contribution in [2.75, 3.05) is 0 Å². The van der Waals surface area contributed by atoms with Crippen LogP contribution in [0.1, 0.15) is 0 Å². The summed E-state index contributed by atoms with van der Waals surface area (Å²) in [6.45, 7) is 0. The first kappa shape index (κ1) is 27.4. The van der Waals surface area contributed by atoms with E-state index in [-0.39, 0.29) is 52.4 Å². The van der Waals surface area contributed by atoms with Gasteiger partial charge in [0.15, 0.2) is 0 Å². The molecule has 2 heteroatoms. The van der Waals surface area contributed by atoms with Gasteiger partial charge in [-0.05, 0) is 86.2 Å². The SMILES string of the molecule is [BiH3].[BiH3].c1cc2cccc3c4cccc5cccc(c(c1)c23)c54.c1cc2cccc3c4cccc5cccc(c(c1)c23)c54. The minimum Gasteiger partial charge on any atom is -0.0610 e. The van der Waals surface area contributed by atoms with Gasteiger partial charge in [-0.15, -0.1) is 0 Å². The van der Waals surface area contributed by atoms with Crippen molar-refractivity contribution in [3.63, 3.8) is 0 Å². The first-order valence-corrected chi connectivity index (χ1v) is 14.0. The van der Waals surface area contributed by atoms with Crippen molar-refractivity contribution in [2.24, 2.45) is 0 Å². The maximum atomic E-state index is 2.25. The molecule has 0 fully saturated rings. The Kier molecular flexibility index (Phi) is 6.97. The Morgan fingerprint density at radius 1 is 0.190 bits per heavy atom. The second-order valence-corrected chi connectivity index (χ2v) is 10.8. The first-order chi connectivity index (χ1) is 19.9. The van der Waals surface area contributed by atoms with Crippen LogP contribution in [0.2, 0.25) is 0 Å². The van der Waals surface area contributed by atoms with Crippen LogP contribution in [-0.4, -0.2) is 52.4 Å². The summed E-state index contributed by atoms with van der Waals surface area (Å²) in [5.41, 5.74) is 0. The molecular formula is C40H30Bi2. The summed E-state index contributed by atoms with van der Waals surface area (Å²) in [6.07, 6.45) is 0. The molecule has 0 aliphatic heterocycles. The molecule has 0 nitrogen and oxygen atoms in total. The maximum Gasteiger partial charge on any atom is -0.00264 e. The van der Waals surface area contributed by atoms with Crippen LogP contribution in [0.5, 0.6) is 0 Å². The van der Waals surface area contributed by atoms with Crippen LogP contribution >= 0.6 is 0 Å². The maximum absolute atomic E-state index is 2.25. The molecule has 10 rings (SSSR count). The van der Waals surface area contributed by atoms with Gasteiger partial charge in [0.05, 0.1) is 0 Å². The Bertz CT molecular complexity index is 2030. The third-order valence-corrected chi connectivity index (χ3v) is 8.78. The summed E-state index contributed by atoms with van der Waals surface area (Å²) in [5.74, 6) is 0. The van der Waals surface area contributed by atoms with E-state index < -0.39 is 0 Å². The van der Waals surface area contributed by atoms with Crippen LogP contribution in [0.4, 0.5) is 0 Å². The van der Waals surface area contributed by atoms with Crippen molar-refractivity contribution < 1.29 is 0 Å². The van der Waals surface area contributed by atoms with Gasteiger partial charge in [-0.25, -0.2) is 0 Å². The molecule has 0 aliphatic carbocycles. The van der Waals surface area contributed by atoms with Gasteiger partial charge >= 0.3 is 52.4 Å². The Labute approximate surface area is 281 Å². The van der Waals surface area contributed by atoms with Gasteiger partial charge in [-0.2, -0.15) is 0 Å². The van der Waals surface area contributed by atoms with Gasteiger partial charge in [0.25, 0.3) is 0 Å². The minimum atomic E-state index is 0.